The van der Waals surface area contributed by atoms with Crippen LogP contribution in [-0.4, -0.2) is 36.3 Å². The number of hydrogen-bond donors (Lipinski definition) is 1. The maximum Gasteiger partial charge on any atom is 0.123 e. The zero-order valence-electron chi connectivity index (χ0n) is 11.0. The molecule has 1 unspecified atom stereocenters. The van der Waals surface area contributed by atoms with Crippen LogP contribution in [0.4, 0.5) is 0 Å². The van der Waals surface area contributed by atoms with Crippen molar-refractivity contribution in [2.45, 2.75) is 32.9 Å². The average molecular weight is 237 g/mol. The van der Waals surface area contributed by atoms with Gasteiger partial charge in [-0.15, -0.1) is 0 Å². The van der Waals surface area contributed by atoms with Gasteiger partial charge in [-0.3, -0.25) is 0 Å². The van der Waals surface area contributed by atoms with Gasteiger partial charge < -0.3 is 14.7 Å². The molecular weight excluding hydrogens is 214 g/mol. The second-order valence-corrected chi connectivity index (χ2v) is 4.42. The van der Waals surface area contributed by atoms with Crippen molar-refractivity contribution in [2.75, 3.05) is 20.2 Å². The van der Waals surface area contributed by atoms with Gasteiger partial charge in [0.15, 0.2) is 0 Å². The molecule has 1 aromatic rings. The number of benzene rings is 1. The van der Waals surface area contributed by atoms with E-state index in [9.17, 15) is 5.11 Å². The van der Waals surface area contributed by atoms with Crippen molar-refractivity contribution < 1.29 is 9.84 Å². The zero-order valence-corrected chi connectivity index (χ0v) is 11.0. The molecule has 3 heteroatoms. The highest BCUT2D eigenvalue weighted by Crippen LogP contribution is 2.19. The monoisotopic (exact) mass is 237 g/mol. The molecule has 0 amide bonds. The zero-order chi connectivity index (χ0) is 12.7. The Morgan fingerprint density at radius 2 is 2.06 bits per heavy atom. The minimum Gasteiger partial charge on any atom is -0.494 e. The van der Waals surface area contributed by atoms with Gasteiger partial charge in [-0.2, -0.15) is 0 Å². The van der Waals surface area contributed by atoms with Gasteiger partial charge in [0.25, 0.3) is 0 Å². The quantitative estimate of drug-likeness (QED) is 0.789. The molecule has 0 fully saturated rings. The van der Waals surface area contributed by atoms with Crippen molar-refractivity contribution >= 4 is 0 Å². The molecule has 96 valence electrons. The smallest absolute Gasteiger partial charge is 0.123 e. The Labute approximate surface area is 104 Å². The summed E-state index contributed by atoms with van der Waals surface area (Å²) in [6, 6.07) is 8.11. The first-order valence-corrected chi connectivity index (χ1v) is 6.20. The predicted molar refractivity (Wildman–Crippen MR) is 70.2 cm³/mol. The minimum atomic E-state index is -0.236. The van der Waals surface area contributed by atoms with Crippen LogP contribution in [0.15, 0.2) is 24.3 Å². The van der Waals surface area contributed by atoms with Gasteiger partial charge in [-0.1, -0.05) is 18.2 Å². The van der Waals surface area contributed by atoms with Gasteiger partial charge in [0.1, 0.15) is 5.75 Å². The average Bonchev–Trinajstić information content (AvgIpc) is 2.29. The van der Waals surface area contributed by atoms with E-state index in [0.717, 1.165) is 25.3 Å². The second kappa shape index (κ2) is 7.30. The SMILES string of the molecule is CCOc1ccccc1CN(C)CCC(C)O. The first-order chi connectivity index (χ1) is 8.13. The molecule has 17 heavy (non-hydrogen) atoms. The van der Waals surface area contributed by atoms with E-state index in [2.05, 4.69) is 18.0 Å². The molecule has 3 nitrogen and oxygen atoms in total. The molecule has 0 aliphatic carbocycles. The summed E-state index contributed by atoms with van der Waals surface area (Å²) < 4.78 is 5.59. The Morgan fingerprint density at radius 1 is 1.35 bits per heavy atom. The van der Waals surface area contributed by atoms with Crippen LogP contribution in [0, 0.1) is 0 Å². The Kier molecular flexibility index (Phi) is 6.01. The Bertz CT molecular complexity index is 326. The summed E-state index contributed by atoms with van der Waals surface area (Å²) >= 11 is 0. The van der Waals surface area contributed by atoms with E-state index in [-0.39, 0.29) is 6.10 Å². The van der Waals surface area contributed by atoms with Crippen LogP contribution in [-0.2, 0) is 6.54 Å². The maximum absolute atomic E-state index is 9.25. The molecule has 1 aromatic carbocycles. The fourth-order valence-corrected chi connectivity index (χ4v) is 1.71. The first kappa shape index (κ1) is 14.0. The first-order valence-electron chi connectivity index (χ1n) is 6.20. The van der Waals surface area contributed by atoms with Gasteiger partial charge in [0.2, 0.25) is 0 Å². The fraction of sp³-hybridized carbons (Fsp3) is 0.571. The summed E-state index contributed by atoms with van der Waals surface area (Å²) in [6.07, 6.45) is 0.562. The molecule has 0 bridgehead atoms. The van der Waals surface area contributed by atoms with Crippen molar-refractivity contribution in [1.29, 1.82) is 0 Å². The minimum absolute atomic E-state index is 0.236. The standard InChI is InChI=1S/C14H23NO2/c1-4-17-14-8-6-5-7-13(14)11-15(3)10-9-12(2)16/h5-8,12,16H,4,9-11H2,1-3H3. The topological polar surface area (TPSA) is 32.7 Å². The van der Waals surface area contributed by atoms with Crippen molar-refractivity contribution in [3.05, 3.63) is 29.8 Å². The molecule has 0 aromatic heterocycles. The third-order valence-electron chi connectivity index (χ3n) is 2.64. The Hall–Kier alpha value is -1.06. The van der Waals surface area contributed by atoms with Crippen molar-refractivity contribution in [1.82, 2.24) is 4.90 Å². The molecule has 0 aliphatic rings. The molecule has 0 spiro atoms. The molecular formula is C14H23NO2. The number of aliphatic hydroxyl groups excluding tert-OH is 1. The van der Waals surface area contributed by atoms with Gasteiger partial charge in [0.05, 0.1) is 12.7 Å². The summed E-state index contributed by atoms with van der Waals surface area (Å²) in [5, 5.41) is 9.25. The Morgan fingerprint density at radius 3 is 2.71 bits per heavy atom. The third-order valence-corrected chi connectivity index (χ3v) is 2.64. The summed E-state index contributed by atoms with van der Waals surface area (Å²) in [4.78, 5) is 2.20. The van der Waals surface area contributed by atoms with Crippen LogP contribution in [0.25, 0.3) is 0 Å². The number of nitrogens with zero attached hydrogens (tertiary/aromatic N) is 1. The Balaban J connectivity index is 2.54. The predicted octanol–water partition coefficient (Wildman–Crippen LogP) is 2.29. The van der Waals surface area contributed by atoms with E-state index in [0.29, 0.717) is 6.61 Å². The van der Waals surface area contributed by atoms with Crippen LogP contribution in [0.2, 0.25) is 0 Å². The van der Waals surface area contributed by atoms with Crippen LogP contribution in [0.3, 0.4) is 0 Å². The van der Waals surface area contributed by atoms with Crippen molar-refractivity contribution in [2.24, 2.45) is 0 Å². The molecule has 0 aliphatic heterocycles. The molecule has 0 radical (unpaired) electrons. The molecule has 1 N–H and O–H groups in total. The van der Waals surface area contributed by atoms with Gasteiger partial charge in [-0.05, 0) is 33.4 Å². The maximum atomic E-state index is 9.25. The van der Waals surface area contributed by atoms with E-state index >= 15 is 0 Å². The lowest BCUT2D eigenvalue weighted by molar-refractivity contribution is 0.162. The number of rotatable bonds is 7. The number of ether oxygens (including phenoxy) is 1. The number of para-hydroxylation sites is 1. The highest BCUT2D eigenvalue weighted by Gasteiger charge is 2.06. The fourth-order valence-electron chi connectivity index (χ4n) is 1.71. The summed E-state index contributed by atoms with van der Waals surface area (Å²) in [5.41, 5.74) is 1.20. The molecule has 0 saturated heterocycles. The molecule has 1 rings (SSSR count). The van der Waals surface area contributed by atoms with E-state index < -0.39 is 0 Å². The normalized spacial score (nSPS) is 12.8. The third kappa shape index (κ3) is 5.20. The van der Waals surface area contributed by atoms with Crippen LogP contribution < -0.4 is 4.74 Å². The highest BCUT2D eigenvalue weighted by atomic mass is 16.5. The lowest BCUT2D eigenvalue weighted by atomic mass is 10.2. The largest absolute Gasteiger partial charge is 0.494 e. The highest BCUT2D eigenvalue weighted by molar-refractivity contribution is 5.33. The lowest BCUT2D eigenvalue weighted by Crippen LogP contribution is -2.22. The second-order valence-electron chi connectivity index (χ2n) is 4.42. The van der Waals surface area contributed by atoms with Gasteiger partial charge in [-0.25, -0.2) is 0 Å². The molecule has 1 atom stereocenters. The van der Waals surface area contributed by atoms with E-state index in [1.807, 2.05) is 32.0 Å². The van der Waals surface area contributed by atoms with E-state index in [1.54, 1.807) is 0 Å². The number of hydrogen-bond acceptors (Lipinski definition) is 3. The van der Waals surface area contributed by atoms with Crippen LogP contribution in [0.1, 0.15) is 25.8 Å². The molecule has 0 heterocycles. The summed E-state index contributed by atoms with van der Waals surface area (Å²) in [6.45, 7) is 6.24. The van der Waals surface area contributed by atoms with Gasteiger partial charge >= 0.3 is 0 Å². The van der Waals surface area contributed by atoms with E-state index in [1.165, 1.54) is 5.56 Å². The van der Waals surface area contributed by atoms with Gasteiger partial charge in [0, 0.05) is 18.7 Å². The van der Waals surface area contributed by atoms with E-state index in [4.69, 9.17) is 4.74 Å². The van der Waals surface area contributed by atoms with Crippen LogP contribution in [0.5, 0.6) is 5.75 Å². The molecule has 0 saturated carbocycles. The van der Waals surface area contributed by atoms with Crippen molar-refractivity contribution in [3.8, 4) is 5.75 Å². The summed E-state index contributed by atoms with van der Waals surface area (Å²) in [5.74, 6) is 0.957. The van der Waals surface area contributed by atoms with Crippen molar-refractivity contribution in [3.63, 3.8) is 0 Å². The summed E-state index contributed by atoms with van der Waals surface area (Å²) in [7, 11) is 2.06. The number of aliphatic hydroxyl groups is 1. The van der Waals surface area contributed by atoms with Crippen LogP contribution >= 0.6 is 0 Å². The lowest BCUT2D eigenvalue weighted by Gasteiger charge is -2.19.